The lowest BCUT2D eigenvalue weighted by molar-refractivity contribution is 0.525. The minimum atomic E-state index is 0.369. The summed E-state index contributed by atoms with van der Waals surface area (Å²) < 4.78 is 0. The summed E-state index contributed by atoms with van der Waals surface area (Å²) in [5.41, 5.74) is 3.19. The van der Waals surface area contributed by atoms with Crippen molar-refractivity contribution in [1.82, 2.24) is 5.32 Å². The molecule has 1 heteroatoms. The fourth-order valence-corrected chi connectivity index (χ4v) is 2.02. The first-order chi connectivity index (χ1) is 6.21. The SMILES string of the molecule is Cc1ccc([C@]2(C)CCNC2)cc1. The van der Waals surface area contributed by atoms with Crippen molar-refractivity contribution in [3.63, 3.8) is 0 Å². The van der Waals surface area contributed by atoms with E-state index < -0.39 is 0 Å². The lowest BCUT2D eigenvalue weighted by atomic mass is 9.82. The van der Waals surface area contributed by atoms with Crippen molar-refractivity contribution in [1.29, 1.82) is 0 Å². The molecule has 1 aliphatic rings. The van der Waals surface area contributed by atoms with E-state index in [9.17, 15) is 0 Å². The zero-order valence-corrected chi connectivity index (χ0v) is 8.43. The van der Waals surface area contributed by atoms with Crippen molar-refractivity contribution < 1.29 is 0 Å². The van der Waals surface area contributed by atoms with E-state index in [0.717, 1.165) is 13.1 Å². The minimum absolute atomic E-state index is 0.369. The number of hydrogen-bond acceptors (Lipinski definition) is 1. The molecule has 70 valence electrons. The van der Waals surface area contributed by atoms with Crippen LogP contribution in [-0.2, 0) is 5.41 Å². The van der Waals surface area contributed by atoms with E-state index in [1.807, 2.05) is 0 Å². The Bertz CT molecular complexity index is 280. The van der Waals surface area contributed by atoms with E-state index in [-0.39, 0.29) is 0 Å². The third-order valence-electron chi connectivity index (χ3n) is 3.12. The Morgan fingerprint density at radius 2 is 1.92 bits per heavy atom. The molecule has 0 bridgehead atoms. The molecule has 1 nitrogen and oxygen atoms in total. The molecular weight excluding hydrogens is 158 g/mol. The van der Waals surface area contributed by atoms with Gasteiger partial charge in [-0.2, -0.15) is 0 Å². The Hall–Kier alpha value is -0.820. The third kappa shape index (κ3) is 1.61. The van der Waals surface area contributed by atoms with Crippen molar-refractivity contribution in [2.24, 2.45) is 0 Å². The van der Waals surface area contributed by atoms with Gasteiger partial charge in [-0.15, -0.1) is 0 Å². The van der Waals surface area contributed by atoms with Gasteiger partial charge in [-0.3, -0.25) is 0 Å². The lowest BCUT2D eigenvalue weighted by Gasteiger charge is -2.23. The number of aryl methyl sites for hydroxylation is 1. The van der Waals surface area contributed by atoms with Gasteiger partial charge in [0.25, 0.3) is 0 Å². The molecule has 1 N–H and O–H groups in total. The highest BCUT2D eigenvalue weighted by molar-refractivity contribution is 5.29. The fourth-order valence-electron chi connectivity index (χ4n) is 2.02. The molecule has 0 aliphatic carbocycles. The summed E-state index contributed by atoms with van der Waals surface area (Å²) >= 11 is 0. The maximum atomic E-state index is 3.43. The second kappa shape index (κ2) is 3.15. The molecule has 1 fully saturated rings. The van der Waals surface area contributed by atoms with Gasteiger partial charge in [0.1, 0.15) is 0 Å². The molecular formula is C12H17N. The van der Waals surface area contributed by atoms with E-state index in [0.29, 0.717) is 5.41 Å². The van der Waals surface area contributed by atoms with Gasteiger partial charge in [-0.25, -0.2) is 0 Å². The van der Waals surface area contributed by atoms with E-state index in [2.05, 4.69) is 43.4 Å². The summed E-state index contributed by atoms with van der Waals surface area (Å²) in [6.45, 7) is 6.76. The first-order valence-electron chi connectivity index (χ1n) is 4.99. The van der Waals surface area contributed by atoms with E-state index >= 15 is 0 Å². The fraction of sp³-hybridized carbons (Fsp3) is 0.500. The molecule has 0 amide bonds. The van der Waals surface area contributed by atoms with Gasteiger partial charge in [-0.1, -0.05) is 36.8 Å². The van der Waals surface area contributed by atoms with Crippen LogP contribution >= 0.6 is 0 Å². The van der Waals surface area contributed by atoms with Crippen LogP contribution in [0.3, 0.4) is 0 Å². The minimum Gasteiger partial charge on any atom is -0.316 e. The number of nitrogens with one attached hydrogen (secondary N) is 1. The Balaban J connectivity index is 2.29. The molecule has 0 radical (unpaired) electrons. The highest BCUT2D eigenvalue weighted by Gasteiger charge is 2.29. The molecule has 0 aromatic heterocycles. The van der Waals surface area contributed by atoms with Crippen LogP contribution in [0, 0.1) is 6.92 Å². The number of benzene rings is 1. The Morgan fingerprint density at radius 3 is 2.46 bits per heavy atom. The Labute approximate surface area is 80.2 Å². The van der Waals surface area contributed by atoms with Crippen LogP contribution in [0.4, 0.5) is 0 Å². The van der Waals surface area contributed by atoms with Crippen molar-refractivity contribution in [2.45, 2.75) is 25.7 Å². The number of hydrogen-bond donors (Lipinski definition) is 1. The maximum absolute atomic E-state index is 3.43. The highest BCUT2D eigenvalue weighted by atomic mass is 14.9. The van der Waals surface area contributed by atoms with Crippen molar-refractivity contribution in [3.05, 3.63) is 35.4 Å². The van der Waals surface area contributed by atoms with E-state index in [1.54, 1.807) is 0 Å². The molecule has 1 saturated heterocycles. The molecule has 1 aromatic rings. The van der Waals surface area contributed by atoms with E-state index in [4.69, 9.17) is 0 Å². The first-order valence-corrected chi connectivity index (χ1v) is 4.99. The van der Waals surface area contributed by atoms with Crippen LogP contribution in [0.2, 0.25) is 0 Å². The van der Waals surface area contributed by atoms with Crippen LogP contribution in [-0.4, -0.2) is 13.1 Å². The van der Waals surface area contributed by atoms with Crippen molar-refractivity contribution in [2.75, 3.05) is 13.1 Å². The van der Waals surface area contributed by atoms with Gasteiger partial charge in [0, 0.05) is 12.0 Å². The van der Waals surface area contributed by atoms with Crippen LogP contribution in [0.1, 0.15) is 24.5 Å². The van der Waals surface area contributed by atoms with Gasteiger partial charge < -0.3 is 5.32 Å². The standard InChI is InChI=1S/C12H17N/c1-10-3-5-11(6-4-10)12(2)7-8-13-9-12/h3-6,13H,7-9H2,1-2H3/t12-/m1/s1. The Kier molecular flexibility index (Phi) is 2.12. The quantitative estimate of drug-likeness (QED) is 0.690. The van der Waals surface area contributed by atoms with Gasteiger partial charge in [0.2, 0.25) is 0 Å². The summed E-state index contributed by atoms with van der Waals surface area (Å²) in [4.78, 5) is 0. The maximum Gasteiger partial charge on any atom is 0.00615 e. The normalized spacial score (nSPS) is 27.8. The highest BCUT2D eigenvalue weighted by Crippen LogP contribution is 2.29. The second-order valence-corrected chi connectivity index (χ2v) is 4.35. The molecule has 0 unspecified atom stereocenters. The van der Waals surface area contributed by atoms with Crippen LogP contribution in [0.25, 0.3) is 0 Å². The van der Waals surface area contributed by atoms with Gasteiger partial charge in [-0.05, 0) is 25.5 Å². The van der Waals surface area contributed by atoms with Crippen LogP contribution in [0.15, 0.2) is 24.3 Å². The number of rotatable bonds is 1. The molecule has 0 saturated carbocycles. The molecule has 13 heavy (non-hydrogen) atoms. The molecule has 0 spiro atoms. The largest absolute Gasteiger partial charge is 0.316 e. The average molecular weight is 175 g/mol. The van der Waals surface area contributed by atoms with Gasteiger partial charge in [0.15, 0.2) is 0 Å². The topological polar surface area (TPSA) is 12.0 Å². The zero-order chi connectivity index (χ0) is 9.31. The predicted octanol–water partition coefficient (Wildman–Crippen LogP) is 2.25. The molecule has 1 atom stereocenters. The lowest BCUT2D eigenvalue weighted by Crippen LogP contribution is -2.24. The zero-order valence-electron chi connectivity index (χ0n) is 8.43. The summed E-state index contributed by atoms with van der Waals surface area (Å²) in [6.07, 6.45) is 1.26. The van der Waals surface area contributed by atoms with Crippen molar-refractivity contribution >= 4 is 0 Å². The summed E-state index contributed by atoms with van der Waals surface area (Å²) in [5.74, 6) is 0. The van der Waals surface area contributed by atoms with Gasteiger partial charge >= 0.3 is 0 Å². The van der Waals surface area contributed by atoms with Crippen molar-refractivity contribution in [3.8, 4) is 0 Å². The first kappa shape index (κ1) is 8.76. The average Bonchev–Trinajstić information content (AvgIpc) is 2.54. The summed E-state index contributed by atoms with van der Waals surface area (Å²) in [6, 6.07) is 8.95. The van der Waals surface area contributed by atoms with Crippen LogP contribution < -0.4 is 5.32 Å². The summed E-state index contributed by atoms with van der Waals surface area (Å²) in [7, 11) is 0. The van der Waals surface area contributed by atoms with E-state index in [1.165, 1.54) is 17.5 Å². The smallest absolute Gasteiger partial charge is 0.00615 e. The molecule has 2 rings (SSSR count). The Morgan fingerprint density at radius 1 is 1.23 bits per heavy atom. The monoisotopic (exact) mass is 175 g/mol. The molecule has 1 aliphatic heterocycles. The second-order valence-electron chi connectivity index (χ2n) is 4.35. The molecule has 1 heterocycles. The van der Waals surface area contributed by atoms with Gasteiger partial charge in [0.05, 0.1) is 0 Å². The third-order valence-corrected chi connectivity index (χ3v) is 3.12. The summed E-state index contributed by atoms with van der Waals surface area (Å²) in [5, 5.41) is 3.43. The predicted molar refractivity (Wildman–Crippen MR) is 56.0 cm³/mol. The van der Waals surface area contributed by atoms with Crippen LogP contribution in [0.5, 0.6) is 0 Å². The molecule has 1 aromatic carbocycles.